The molecule has 0 aromatic heterocycles. The lowest BCUT2D eigenvalue weighted by molar-refractivity contribution is 0.236. The second-order valence-corrected chi connectivity index (χ2v) is 8.04. The fraction of sp³-hybridized carbons (Fsp3) is 0.727. The minimum Gasteiger partial charge on any atom is -0.0993 e. The molecule has 2 fully saturated rings. The number of allylic oxidation sites excluding steroid dienone is 4. The fourth-order valence-electron chi connectivity index (χ4n) is 4.52. The van der Waals surface area contributed by atoms with E-state index in [1.165, 1.54) is 51.4 Å². The van der Waals surface area contributed by atoms with Crippen LogP contribution in [0, 0.1) is 41.4 Å². The lowest BCUT2D eigenvalue weighted by Gasteiger charge is -2.34. The van der Waals surface area contributed by atoms with Crippen molar-refractivity contribution in [2.24, 2.45) is 29.6 Å². The molecule has 3 rings (SSSR count). The number of hydrogen-bond donors (Lipinski definition) is 0. The summed E-state index contributed by atoms with van der Waals surface area (Å²) in [6.45, 7) is 4.87. The van der Waals surface area contributed by atoms with Crippen LogP contribution in [-0.2, 0) is 0 Å². The van der Waals surface area contributed by atoms with E-state index in [1.54, 1.807) is 5.57 Å². The molecule has 0 bridgehead atoms. The van der Waals surface area contributed by atoms with Crippen molar-refractivity contribution in [1.29, 1.82) is 0 Å². The smallest absolute Gasteiger partial charge is 0.0423 e. The van der Waals surface area contributed by atoms with Gasteiger partial charge in [-0.3, -0.25) is 0 Å². The Morgan fingerprint density at radius 2 is 1.77 bits per heavy atom. The van der Waals surface area contributed by atoms with Crippen molar-refractivity contribution >= 4 is 0 Å². The lowest BCUT2D eigenvalue weighted by atomic mass is 9.71. The number of rotatable bonds is 1. The highest BCUT2D eigenvalue weighted by atomic mass is 14.3. The topological polar surface area (TPSA) is 0 Å². The van der Waals surface area contributed by atoms with Gasteiger partial charge in [0.2, 0.25) is 0 Å². The zero-order chi connectivity index (χ0) is 15.4. The van der Waals surface area contributed by atoms with Crippen molar-refractivity contribution in [3.8, 4) is 11.8 Å². The van der Waals surface area contributed by atoms with E-state index in [1.807, 2.05) is 0 Å². The maximum absolute atomic E-state index is 3.61. The van der Waals surface area contributed by atoms with E-state index in [9.17, 15) is 0 Å². The van der Waals surface area contributed by atoms with E-state index < -0.39 is 0 Å². The maximum atomic E-state index is 3.61. The van der Waals surface area contributed by atoms with E-state index in [0.717, 1.165) is 24.2 Å². The molecule has 0 N–H and O–H groups in total. The van der Waals surface area contributed by atoms with Gasteiger partial charge in [0.15, 0.2) is 0 Å². The molecule has 2 saturated carbocycles. The summed E-state index contributed by atoms with van der Waals surface area (Å²) in [5.41, 5.74) is 1.59. The van der Waals surface area contributed by atoms with Crippen LogP contribution in [0.5, 0.6) is 0 Å². The predicted octanol–water partition coefficient (Wildman–Crippen LogP) is 6.14. The van der Waals surface area contributed by atoms with Crippen LogP contribution in [0.4, 0.5) is 0 Å². The first kappa shape index (κ1) is 15.9. The molecule has 0 aromatic rings. The summed E-state index contributed by atoms with van der Waals surface area (Å²) in [5, 5.41) is 0. The molecular weight excluding hydrogens is 264 g/mol. The monoisotopic (exact) mass is 296 g/mol. The zero-order valence-corrected chi connectivity index (χ0v) is 14.5. The fourth-order valence-corrected chi connectivity index (χ4v) is 4.52. The van der Waals surface area contributed by atoms with Gasteiger partial charge in [-0.25, -0.2) is 0 Å². The summed E-state index contributed by atoms with van der Waals surface area (Å²) in [5.74, 6) is 10.9. The first-order valence-corrected chi connectivity index (χ1v) is 9.61. The van der Waals surface area contributed by atoms with Gasteiger partial charge in [0.05, 0.1) is 0 Å². The molecule has 0 heterocycles. The van der Waals surface area contributed by atoms with Gasteiger partial charge in [0.1, 0.15) is 0 Å². The summed E-state index contributed by atoms with van der Waals surface area (Å²) in [4.78, 5) is 0. The zero-order valence-electron chi connectivity index (χ0n) is 14.5. The van der Waals surface area contributed by atoms with Gasteiger partial charge in [0, 0.05) is 11.8 Å². The van der Waals surface area contributed by atoms with Crippen LogP contribution < -0.4 is 0 Å². The summed E-state index contributed by atoms with van der Waals surface area (Å²) < 4.78 is 0. The SMILES string of the molecule is CC1CCC(C)C(C2=CC(C#CC3CCCCC3)CC=C2)C1. The summed E-state index contributed by atoms with van der Waals surface area (Å²) in [6.07, 6.45) is 19.5. The third kappa shape index (κ3) is 4.07. The average Bonchev–Trinajstić information content (AvgIpc) is 2.56. The average molecular weight is 296 g/mol. The van der Waals surface area contributed by atoms with Crippen LogP contribution in [0.15, 0.2) is 23.8 Å². The second-order valence-electron chi connectivity index (χ2n) is 8.04. The largest absolute Gasteiger partial charge is 0.0993 e. The van der Waals surface area contributed by atoms with Crippen molar-refractivity contribution < 1.29 is 0 Å². The highest BCUT2D eigenvalue weighted by molar-refractivity contribution is 5.31. The van der Waals surface area contributed by atoms with Crippen LogP contribution in [0.25, 0.3) is 0 Å². The Labute approximate surface area is 137 Å². The molecule has 22 heavy (non-hydrogen) atoms. The van der Waals surface area contributed by atoms with Crippen LogP contribution in [-0.4, -0.2) is 0 Å². The van der Waals surface area contributed by atoms with Crippen molar-refractivity contribution in [2.45, 2.75) is 71.6 Å². The van der Waals surface area contributed by atoms with Crippen LogP contribution in [0.3, 0.4) is 0 Å². The van der Waals surface area contributed by atoms with E-state index in [2.05, 4.69) is 43.9 Å². The molecule has 3 aliphatic rings. The van der Waals surface area contributed by atoms with Gasteiger partial charge in [-0.1, -0.05) is 69.6 Å². The van der Waals surface area contributed by atoms with Gasteiger partial charge in [0.25, 0.3) is 0 Å². The normalized spacial score (nSPS) is 36.4. The first-order valence-electron chi connectivity index (χ1n) is 9.61. The minimum atomic E-state index is 0.478. The van der Waals surface area contributed by atoms with Gasteiger partial charge < -0.3 is 0 Å². The van der Waals surface area contributed by atoms with E-state index in [-0.39, 0.29) is 0 Å². The molecule has 0 nitrogen and oxygen atoms in total. The van der Waals surface area contributed by atoms with Crippen molar-refractivity contribution in [3.05, 3.63) is 23.8 Å². The highest BCUT2D eigenvalue weighted by Gasteiger charge is 2.28. The highest BCUT2D eigenvalue weighted by Crippen LogP contribution is 2.39. The van der Waals surface area contributed by atoms with Crippen LogP contribution in [0.2, 0.25) is 0 Å². The molecule has 120 valence electrons. The Hall–Kier alpha value is -0.960. The van der Waals surface area contributed by atoms with E-state index in [0.29, 0.717) is 11.8 Å². The van der Waals surface area contributed by atoms with E-state index in [4.69, 9.17) is 0 Å². The van der Waals surface area contributed by atoms with Gasteiger partial charge in [-0.2, -0.15) is 0 Å². The van der Waals surface area contributed by atoms with Crippen molar-refractivity contribution in [2.75, 3.05) is 0 Å². The molecule has 4 atom stereocenters. The lowest BCUT2D eigenvalue weighted by Crippen LogP contribution is -2.23. The van der Waals surface area contributed by atoms with Gasteiger partial charge in [-0.05, 0) is 55.4 Å². The third-order valence-electron chi connectivity index (χ3n) is 6.06. The molecular formula is C22H32. The molecule has 4 unspecified atom stereocenters. The maximum Gasteiger partial charge on any atom is 0.0423 e. The van der Waals surface area contributed by atoms with Crippen LogP contribution in [0.1, 0.15) is 71.6 Å². The molecule has 0 spiro atoms. The molecule has 0 aliphatic heterocycles. The minimum absolute atomic E-state index is 0.478. The summed E-state index contributed by atoms with van der Waals surface area (Å²) >= 11 is 0. The predicted molar refractivity (Wildman–Crippen MR) is 95.4 cm³/mol. The standard InChI is InChI=1S/C22H32/c1-17-11-12-18(2)22(15-17)21-10-6-9-20(16-21)14-13-19-7-4-3-5-8-19/h6,10,16-20,22H,3-5,7-9,11-12,15H2,1-2H3. The second kappa shape index (κ2) is 7.54. The first-order chi connectivity index (χ1) is 10.7. The Morgan fingerprint density at radius 3 is 2.59 bits per heavy atom. The van der Waals surface area contributed by atoms with E-state index >= 15 is 0 Å². The quantitative estimate of drug-likeness (QED) is 0.509. The molecule has 0 aromatic carbocycles. The summed E-state index contributed by atoms with van der Waals surface area (Å²) in [7, 11) is 0. The van der Waals surface area contributed by atoms with Crippen LogP contribution >= 0.6 is 0 Å². The number of hydrogen-bond acceptors (Lipinski definition) is 0. The molecule has 0 saturated heterocycles. The van der Waals surface area contributed by atoms with Gasteiger partial charge in [-0.15, -0.1) is 0 Å². The molecule has 0 amide bonds. The van der Waals surface area contributed by atoms with Crippen molar-refractivity contribution in [3.63, 3.8) is 0 Å². The molecule has 3 aliphatic carbocycles. The van der Waals surface area contributed by atoms with Crippen molar-refractivity contribution in [1.82, 2.24) is 0 Å². The molecule has 0 radical (unpaired) electrons. The summed E-state index contributed by atoms with van der Waals surface area (Å²) in [6, 6.07) is 0. The van der Waals surface area contributed by atoms with Gasteiger partial charge >= 0.3 is 0 Å². The Bertz CT molecular complexity index is 478. The molecule has 0 heteroatoms. The third-order valence-corrected chi connectivity index (χ3v) is 6.06. The Kier molecular flexibility index (Phi) is 5.46. The Morgan fingerprint density at radius 1 is 0.955 bits per heavy atom. The Balaban J connectivity index is 1.66.